The standard InChI is InChI=1S/C16H24FNO2/c17-14-6-8-16(9-7-14)20-13-3-11-18(10-2-12-19)15-4-1-5-15/h6-9,15,19H,1-5,10-13H2. The number of hydrogen-bond acceptors (Lipinski definition) is 3. The van der Waals surface area contributed by atoms with Crippen LogP contribution in [-0.4, -0.2) is 42.4 Å². The number of halogens is 1. The molecule has 0 saturated heterocycles. The minimum Gasteiger partial charge on any atom is -0.494 e. The van der Waals surface area contributed by atoms with Crippen molar-refractivity contribution in [1.29, 1.82) is 0 Å². The summed E-state index contributed by atoms with van der Waals surface area (Å²) in [5, 5.41) is 8.95. The summed E-state index contributed by atoms with van der Waals surface area (Å²) in [6.07, 6.45) is 5.69. The lowest BCUT2D eigenvalue weighted by Gasteiger charge is -2.37. The van der Waals surface area contributed by atoms with Gasteiger partial charge in [-0.3, -0.25) is 0 Å². The van der Waals surface area contributed by atoms with Crippen molar-refractivity contribution in [1.82, 2.24) is 4.90 Å². The fraction of sp³-hybridized carbons (Fsp3) is 0.625. The molecular formula is C16H24FNO2. The molecular weight excluding hydrogens is 257 g/mol. The van der Waals surface area contributed by atoms with Gasteiger partial charge in [0.2, 0.25) is 0 Å². The van der Waals surface area contributed by atoms with Crippen molar-refractivity contribution >= 4 is 0 Å². The molecule has 0 amide bonds. The maximum absolute atomic E-state index is 12.8. The molecule has 0 unspecified atom stereocenters. The van der Waals surface area contributed by atoms with Crippen LogP contribution >= 0.6 is 0 Å². The molecule has 1 aromatic rings. The number of nitrogens with zero attached hydrogens (tertiary/aromatic N) is 1. The molecule has 1 saturated carbocycles. The molecule has 0 aliphatic heterocycles. The molecule has 0 aromatic heterocycles. The number of ether oxygens (including phenoxy) is 1. The molecule has 1 aromatic carbocycles. The molecule has 1 aliphatic carbocycles. The van der Waals surface area contributed by atoms with Gasteiger partial charge in [-0.25, -0.2) is 4.39 Å². The lowest BCUT2D eigenvalue weighted by Crippen LogP contribution is -2.41. The summed E-state index contributed by atoms with van der Waals surface area (Å²) < 4.78 is 18.4. The van der Waals surface area contributed by atoms with Crippen molar-refractivity contribution in [2.24, 2.45) is 0 Å². The molecule has 0 atom stereocenters. The summed E-state index contributed by atoms with van der Waals surface area (Å²) in [7, 11) is 0. The highest BCUT2D eigenvalue weighted by atomic mass is 19.1. The smallest absolute Gasteiger partial charge is 0.123 e. The van der Waals surface area contributed by atoms with E-state index in [0.29, 0.717) is 12.6 Å². The van der Waals surface area contributed by atoms with Gasteiger partial charge in [0.1, 0.15) is 11.6 Å². The Hall–Kier alpha value is -1.13. The van der Waals surface area contributed by atoms with E-state index >= 15 is 0 Å². The first-order valence-corrected chi connectivity index (χ1v) is 7.53. The van der Waals surface area contributed by atoms with Crippen LogP contribution in [0.1, 0.15) is 32.1 Å². The molecule has 4 heteroatoms. The Morgan fingerprint density at radius 2 is 1.85 bits per heavy atom. The molecule has 1 aliphatic rings. The fourth-order valence-corrected chi connectivity index (χ4v) is 2.49. The van der Waals surface area contributed by atoms with E-state index in [4.69, 9.17) is 9.84 Å². The first-order valence-electron chi connectivity index (χ1n) is 7.53. The van der Waals surface area contributed by atoms with Crippen molar-refractivity contribution in [2.75, 3.05) is 26.3 Å². The van der Waals surface area contributed by atoms with Gasteiger partial charge in [0, 0.05) is 25.7 Å². The molecule has 20 heavy (non-hydrogen) atoms. The zero-order valence-electron chi connectivity index (χ0n) is 11.9. The number of aliphatic hydroxyl groups is 1. The monoisotopic (exact) mass is 281 g/mol. The van der Waals surface area contributed by atoms with Crippen LogP contribution in [0.15, 0.2) is 24.3 Å². The Morgan fingerprint density at radius 1 is 1.15 bits per heavy atom. The molecule has 0 heterocycles. The fourth-order valence-electron chi connectivity index (χ4n) is 2.49. The number of rotatable bonds is 9. The summed E-state index contributed by atoms with van der Waals surface area (Å²) in [6, 6.07) is 6.84. The number of hydrogen-bond donors (Lipinski definition) is 1. The van der Waals surface area contributed by atoms with Gasteiger partial charge in [-0.1, -0.05) is 6.42 Å². The van der Waals surface area contributed by atoms with E-state index < -0.39 is 0 Å². The molecule has 2 rings (SSSR count). The lowest BCUT2D eigenvalue weighted by molar-refractivity contribution is 0.109. The lowest BCUT2D eigenvalue weighted by atomic mass is 9.91. The van der Waals surface area contributed by atoms with Gasteiger partial charge in [-0.05, 0) is 49.9 Å². The first kappa shape index (κ1) is 15.3. The van der Waals surface area contributed by atoms with Crippen LogP contribution in [-0.2, 0) is 0 Å². The first-order chi connectivity index (χ1) is 9.79. The summed E-state index contributed by atoms with van der Waals surface area (Å²) >= 11 is 0. The van der Waals surface area contributed by atoms with Crippen molar-refractivity contribution in [3.05, 3.63) is 30.1 Å². The Kier molecular flexibility index (Phi) is 6.27. The van der Waals surface area contributed by atoms with E-state index in [-0.39, 0.29) is 12.4 Å². The van der Waals surface area contributed by atoms with Crippen molar-refractivity contribution in [3.63, 3.8) is 0 Å². The van der Waals surface area contributed by atoms with Crippen LogP contribution in [0.3, 0.4) is 0 Å². The Balaban J connectivity index is 1.65. The van der Waals surface area contributed by atoms with Crippen molar-refractivity contribution < 1.29 is 14.2 Å². The van der Waals surface area contributed by atoms with Gasteiger partial charge in [-0.15, -0.1) is 0 Å². The highest BCUT2D eigenvalue weighted by Gasteiger charge is 2.23. The zero-order valence-corrected chi connectivity index (χ0v) is 11.9. The van der Waals surface area contributed by atoms with Crippen LogP contribution in [0.25, 0.3) is 0 Å². The molecule has 112 valence electrons. The van der Waals surface area contributed by atoms with E-state index in [1.165, 1.54) is 31.4 Å². The van der Waals surface area contributed by atoms with Crippen LogP contribution in [0.2, 0.25) is 0 Å². The molecule has 0 radical (unpaired) electrons. The highest BCUT2D eigenvalue weighted by Crippen LogP contribution is 2.25. The van der Waals surface area contributed by atoms with Crippen molar-refractivity contribution in [3.8, 4) is 5.75 Å². The molecule has 0 spiro atoms. The minimum absolute atomic E-state index is 0.238. The average molecular weight is 281 g/mol. The second-order valence-corrected chi connectivity index (χ2v) is 5.35. The van der Waals surface area contributed by atoms with Gasteiger partial charge in [0.15, 0.2) is 0 Å². The van der Waals surface area contributed by atoms with E-state index in [1.54, 1.807) is 12.1 Å². The minimum atomic E-state index is -0.238. The number of benzene rings is 1. The van der Waals surface area contributed by atoms with Crippen molar-refractivity contribution in [2.45, 2.75) is 38.1 Å². The van der Waals surface area contributed by atoms with Gasteiger partial charge >= 0.3 is 0 Å². The zero-order chi connectivity index (χ0) is 14.2. The summed E-state index contributed by atoms with van der Waals surface area (Å²) in [6.45, 7) is 2.88. The van der Waals surface area contributed by atoms with Gasteiger partial charge < -0.3 is 14.7 Å². The predicted octanol–water partition coefficient (Wildman–Crippen LogP) is 2.83. The van der Waals surface area contributed by atoms with E-state index in [1.807, 2.05) is 0 Å². The van der Waals surface area contributed by atoms with Crippen LogP contribution in [0.4, 0.5) is 4.39 Å². The second-order valence-electron chi connectivity index (χ2n) is 5.35. The topological polar surface area (TPSA) is 32.7 Å². The normalized spacial score (nSPS) is 15.3. The van der Waals surface area contributed by atoms with E-state index in [0.717, 1.165) is 31.7 Å². The van der Waals surface area contributed by atoms with Gasteiger partial charge in [0.05, 0.1) is 6.61 Å². The Bertz CT molecular complexity index is 379. The summed E-state index contributed by atoms with van der Waals surface area (Å²) in [5.41, 5.74) is 0. The molecule has 1 N–H and O–H groups in total. The SMILES string of the molecule is OCCCN(CCCOc1ccc(F)cc1)C1CCC1. The van der Waals surface area contributed by atoms with E-state index in [2.05, 4.69) is 4.90 Å². The van der Waals surface area contributed by atoms with E-state index in [9.17, 15) is 4.39 Å². The Morgan fingerprint density at radius 3 is 2.45 bits per heavy atom. The number of aliphatic hydroxyl groups excluding tert-OH is 1. The molecule has 1 fully saturated rings. The van der Waals surface area contributed by atoms with Crippen LogP contribution < -0.4 is 4.74 Å². The summed E-state index contributed by atoms with van der Waals surface area (Å²) in [5.74, 6) is 0.481. The summed E-state index contributed by atoms with van der Waals surface area (Å²) in [4.78, 5) is 2.47. The largest absolute Gasteiger partial charge is 0.494 e. The van der Waals surface area contributed by atoms with Crippen LogP contribution in [0.5, 0.6) is 5.75 Å². The highest BCUT2D eigenvalue weighted by molar-refractivity contribution is 5.21. The third-order valence-corrected chi connectivity index (χ3v) is 3.87. The predicted molar refractivity (Wildman–Crippen MR) is 77.4 cm³/mol. The van der Waals surface area contributed by atoms with Crippen LogP contribution in [0, 0.1) is 5.82 Å². The molecule has 3 nitrogen and oxygen atoms in total. The van der Waals surface area contributed by atoms with Gasteiger partial charge in [-0.2, -0.15) is 0 Å². The van der Waals surface area contributed by atoms with Gasteiger partial charge in [0.25, 0.3) is 0 Å². The third kappa shape index (κ3) is 4.76. The Labute approximate surface area is 120 Å². The maximum Gasteiger partial charge on any atom is 0.123 e. The maximum atomic E-state index is 12.8. The quantitative estimate of drug-likeness (QED) is 0.707. The average Bonchev–Trinajstić information content (AvgIpc) is 2.40. The second kappa shape index (κ2) is 8.22. The third-order valence-electron chi connectivity index (χ3n) is 3.87. The molecule has 0 bridgehead atoms.